The summed E-state index contributed by atoms with van der Waals surface area (Å²) in [5.41, 5.74) is 1.05. The van der Waals surface area contributed by atoms with Crippen LogP contribution in [0, 0.1) is 0 Å². The first-order valence-corrected chi connectivity index (χ1v) is 10.0. The molecule has 0 spiro atoms. The van der Waals surface area contributed by atoms with Crippen molar-refractivity contribution < 1.29 is 9.59 Å². The van der Waals surface area contributed by atoms with E-state index in [1.54, 1.807) is 11.3 Å². The van der Waals surface area contributed by atoms with Crippen LogP contribution < -0.4 is 5.32 Å². The van der Waals surface area contributed by atoms with Crippen molar-refractivity contribution in [3.63, 3.8) is 0 Å². The number of nitrogens with zero attached hydrogens (tertiary/aromatic N) is 2. The maximum atomic E-state index is 12.9. The fourth-order valence-corrected chi connectivity index (χ4v) is 4.29. The summed E-state index contributed by atoms with van der Waals surface area (Å²) >= 11 is 1.79. The van der Waals surface area contributed by atoms with Gasteiger partial charge in [-0.15, -0.1) is 11.3 Å². The van der Waals surface area contributed by atoms with Crippen molar-refractivity contribution in [2.24, 2.45) is 0 Å². The molecular weight excluding hydrogens is 334 g/mol. The third kappa shape index (κ3) is 5.28. The summed E-state index contributed by atoms with van der Waals surface area (Å²) in [6.07, 6.45) is 1.86. The van der Waals surface area contributed by atoms with E-state index < -0.39 is 0 Å². The first-order chi connectivity index (χ1) is 11.7. The van der Waals surface area contributed by atoms with Gasteiger partial charge in [0.05, 0.1) is 19.1 Å². The molecule has 1 aliphatic heterocycles. The SMILES string of the molecule is CCC1c2ccsc2CCN1C(=O)CN(CC)CC(=O)NC(C)(C)C. The number of amides is 2. The van der Waals surface area contributed by atoms with Crippen molar-refractivity contribution in [1.82, 2.24) is 15.1 Å². The molecule has 0 aromatic carbocycles. The summed E-state index contributed by atoms with van der Waals surface area (Å²) in [5.74, 6) is 0.0852. The smallest absolute Gasteiger partial charge is 0.237 e. The van der Waals surface area contributed by atoms with Crippen molar-refractivity contribution >= 4 is 23.2 Å². The van der Waals surface area contributed by atoms with Crippen LogP contribution in [0.3, 0.4) is 0 Å². The molecule has 0 bridgehead atoms. The molecule has 0 fully saturated rings. The van der Waals surface area contributed by atoms with Gasteiger partial charge in [0.25, 0.3) is 0 Å². The van der Waals surface area contributed by atoms with E-state index >= 15 is 0 Å². The maximum Gasteiger partial charge on any atom is 0.237 e. The fourth-order valence-electron chi connectivity index (χ4n) is 3.36. The van der Waals surface area contributed by atoms with Crippen LogP contribution in [0.2, 0.25) is 0 Å². The van der Waals surface area contributed by atoms with Gasteiger partial charge in [-0.05, 0) is 57.2 Å². The summed E-state index contributed by atoms with van der Waals surface area (Å²) in [5, 5.41) is 5.08. The number of hydrogen-bond donors (Lipinski definition) is 1. The van der Waals surface area contributed by atoms with E-state index in [9.17, 15) is 9.59 Å². The lowest BCUT2D eigenvalue weighted by Gasteiger charge is -2.36. The number of hydrogen-bond acceptors (Lipinski definition) is 4. The van der Waals surface area contributed by atoms with E-state index in [-0.39, 0.29) is 29.9 Å². The number of carbonyl (C=O) groups is 2. The Morgan fingerprint density at radius 1 is 1.32 bits per heavy atom. The van der Waals surface area contributed by atoms with E-state index in [0.29, 0.717) is 13.1 Å². The summed E-state index contributed by atoms with van der Waals surface area (Å²) < 4.78 is 0. The Balaban J connectivity index is 1.98. The van der Waals surface area contributed by atoms with Crippen LogP contribution in [0.4, 0.5) is 0 Å². The van der Waals surface area contributed by atoms with Crippen molar-refractivity contribution in [2.45, 2.75) is 59.0 Å². The van der Waals surface area contributed by atoms with Crippen molar-refractivity contribution in [2.75, 3.05) is 26.2 Å². The van der Waals surface area contributed by atoms with Gasteiger partial charge >= 0.3 is 0 Å². The van der Waals surface area contributed by atoms with Crippen LogP contribution in [0.5, 0.6) is 0 Å². The molecule has 1 aromatic heterocycles. The summed E-state index contributed by atoms with van der Waals surface area (Å²) in [6, 6.07) is 2.33. The van der Waals surface area contributed by atoms with E-state index in [0.717, 1.165) is 19.4 Å². The minimum absolute atomic E-state index is 0.0343. The molecule has 140 valence electrons. The lowest BCUT2D eigenvalue weighted by molar-refractivity contribution is -0.136. The Bertz CT molecular complexity index is 606. The topological polar surface area (TPSA) is 52.7 Å². The molecule has 2 rings (SSSR count). The molecule has 0 aliphatic carbocycles. The Morgan fingerprint density at radius 3 is 2.64 bits per heavy atom. The van der Waals surface area contributed by atoms with Gasteiger partial charge in [-0.3, -0.25) is 14.5 Å². The molecule has 0 radical (unpaired) electrons. The van der Waals surface area contributed by atoms with Crippen molar-refractivity contribution in [1.29, 1.82) is 0 Å². The average molecular weight is 366 g/mol. The van der Waals surface area contributed by atoms with E-state index in [1.165, 1.54) is 10.4 Å². The van der Waals surface area contributed by atoms with E-state index in [1.807, 2.05) is 37.5 Å². The molecule has 0 saturated carbocycles. The molecule has 2 heterocycles. The largest absolute Gasteiger partial charge is 0.350 e. The van der Waals surface area contributed by atoms with Crippen LogP contribution in [-0.4, -0.2) is 53.3 Å². The highest BCUT2D eigenvalue weighted by atomic mass is 32.1. The van der Waals surface area contributed by atoms with E-state index in [2.05, 4.69) is 23.7 Å². The Hall–Kier alpha value is -1.40. The molecule has 6 heteroatoms. The van der Waals surface area contributed by atoms with Crippen molar-refractivity contribution in [3.05, 3.63) is 21.9 Å². The predicted molar refractivity (Wildman–Crippen MR) is 103 cm³/mol. The molecule has 1 unspecified atom stereocenters. The zero-order valence-electron chi connectivity index (χ0n) is 16.1. The second kappa shape index (κ2) is 8.32. The third-order valence-electron chi connectivity index (χ3n) is 4.49. The fraction of sp³-hybridized carbons (Fsp3) is 0.684. The lowest BCUT2D eigenvalue weighted by Crippen LogP contribution is -2.49. The van der Waals surface area contributed by atoms with Gasteiger partial charge in [-0.25, -0.2) is 0 Å². The molecule has 1 aliphatic rings. The highest BCUT2D eigenvalue weighted by molar-refractivity contribution is 7.10. The molecule has 1 N–H and O–H groups in total. The number of nitrogens with one attached hydrogen (secondary N) is 1. The number of likely N-dealkylation sites (N-methyl/N-ethyl adjacent to an activating group) is 1. The Labute approximate surface area is 155 Å². The molecule has 0 saturated heterocycles. The van der Waals surface area contributed by atoms with Gasteiger partial charge in [0, 0.05) is 17.0 Å². The quantitative estimate of drug-likeness (QED) is 0.843. The third-order valence-corrected chi connectivity index (χ3v) is 5.49. The maximum absolute atomic E-state index is 12.9. The van der Waals surface area contributed by atoms with Crippen LogP contribution >= 0.6 is 11.3 Å². The number of rotatable bonds is 6. The predicted octanol–water partition coefficient (Wildman–Crippen LogP) is 2.82. The molecule has 5 nitrogen and oxygen atoms in total. The van der Waals surface area contributed by atoms with E-state index in [4.69, 9.17) is 0 Å². The first-order valence-electron chi connectivity index (χ1n) is 9.14. The summed E-state index contributed by atoms with van der Waals surface area (Å²) in [6.45, 7) is 12.0. The highest BCUT2D eigenvalue weighted by Gasteiger charge is 2.31. The molecule has 2 amide bonds. The zero-order chi connectivity index (χ0) is 18.6. The Kier molecular flexibility index (Phi) is 6.63. The van der Waals surface area contributed by atoms with Crippen LogP contribution in [0.15, 0.2) is 11.4 Å². The van der Waals surface area contributed by atoms with Crippen LogP contribution in [0.1, 0.15) is 57.5 Å². The monoisotopic (exact) mass is 365 g/mol. The Morgan fingerprint density at radius 2 is 2.04 bits per heavy atom. The highest BCUT2D eigenvalue weighted by Crippen LogP contribution is 2.35. The number of carbonyl (C=O) groups excluding carboxylic acids is 2. The first kappa shape index (κ1) is 19.9. The molecule has 25 heavy (non-hydrogen) atoms. The molecule has 1 atom stereocenters. The van der Waals surface area contributed by atoms with Gasteiger partial charge in [-0.2, -0.15) is 0 Å². The average Bonchev–Trinajstić information content (AvgIpc) is 2.99. The zero-order valence-corrected chi connectivity index (χ0v) is 16.9. The number of fused-ring (bicyclic) bond motifs is 1. The number of thiophene rings is 1. The van der Waals surface area contributed by atoms with Crippen LogP contribution in [-0.2, 0) is 16.0 Å². The second-order valence-corrected chi connectivity index (χ2v) is 8.66. The summed E-state index contributed by atoms with van der Waals surface area (Å²) in [4.78, 5) is 30.4. The normalized spacial score (nSPS) is 17.5. The summed E-state index contributed by atoms with van der Waals surface area (Å²) in [7, 11) is 0. The van der Waals surface area contributed by atoms with Crippen LogP contribution in [0.25, 0.3) is 0 Å². The molecular formula is C19H31N3O2S. The minimum Gasteiger partial charge on any atom is -0.350 e. The van der Waals surface area contributed by atoms with Gasteiger partial charge in [0.15, 0.2) is 0 Å². The van der Waals surface area contributed by atoms with Gasteiger partial charge < -0.3 is 10.2 Å². The minimum atomic E-state index is -0.254. The standard InChI is InChI=1S/C19H31N3O2S/c1-6-15-14-9-11-25-16(14)8-10-22(15)18(24)13-21(7-2)12-17(23)20-19(3,4)5/h9,11,15H,6-8,10,12-13H2,1-5H3,(H,20,23). The van der Waals surface area contributed by atoms with Crippen molar-refractivity contribution in [3.8, 4) is 0 Å². The second-order valence-electron chi connectivity index (χ2n) is 7.66. The lowest BCUT2D eigenvalue weighted by atomic mass is 9.97. The van der Waals surface area contributed by atoms with Gasteiger partial charge in [0.2, 0.25) is 11.8 Å². The van der Waals surface area contributed by atoms with Gasteiger partial charge in [-0.1, -0.05) is 13.8 Å². The molecule has 1 aromatic rings. The van der Waals surface area contributed by atoms with Gasteiger partial charge in [0.1, 0.15) is 0 Å².